The van der Waals surface area contributed by atoms with E-state index < -0.39 is 5.54 Å². The lowest BCUT2D eigenvalue weighted by atomic mass is 10.0. The molecule has 0 aliphatic carbocycles. The number of benzene rings is 1. The largest absolute Gasteiger partial charge is 0.334 e. The van der Waals surface area contributed by atoms with Gasteiger partial charge in [-0.3, -0.25) is 4.79 Å². The Morgan fingerprint density at radius 3 is 2.74 bits per heavy atom. The average Bonchev–Trinajstić information content (AvgIpc) is 2.87. The van der Waals surface area contributed by atoms with Gasteiger partial charge in [-0.1, -0.05) is 29.8 Å². The molecule has 2 rings (SSSR count). The summed E-state index contributed by atoms with van der Waals surface area (Å²) in [6.07, 6.45) is 2.01. The fourth-order valence-electron chi connectivity index (χ4n) is 2.54. The van der Waals surface area contributed by atoms with Crippen LogP contribution < -0.4 is 5.32 Å². The van der Waals surface area contributed by atoms with Gasteiger partial charge in [-0.15, -0.1) is 0 Å². The maximum Gasteiger partial charge on any atom is 0.242 e. The molecule has 1 aliphatic rings. The minimum atomic E-state index is -0.538. The van der Waals surface area contributed by atoms with E-state index in [2.05, 4.69) is 5.32 Å². The molecule has 104 valence electrons. The summed E-state index contributed by atoms with van der Waals surface area (Å²) in [5, 5.41) is 3.83. The molecule has 0 spiro atoms. The van der Waals surface area contributed by atoms with Crippen molar-refractivity contribution < 1.29 is 4.79 Å². The summed E-state index contributed by atoms with van der Waals surface area (Å²) in [7, 11) is 1.82. The normalized spacial score (nSPS) is 19.8. The molecule has 4 heteroatoms. The van der Waals surface area contributed by atoms with Gasteiger partial charge in [0.1, 0.15) is 0 Å². The molecule has 0 bridgehead atoms. The van der Waals surface area contributed by atoms with Crippen LogP contribution in [0.15, 0.2) is 24.3 Å². The van der Waals surface area contributed by atoms with Gasteiger partial charge in [0.15, 0.2) is 0 Å². The summed E-state index contributed by atoms with van der Waals surface area (Å²) in [6.45, 7) is 4.63. The number of nitrogens with zero attached hydrogens (tertiary/aromatic N) is 1. The van der Waals surface area contributed by atoms with Crippen LogP contribution in [0.4, 0.5) is 0 Å². The van der Waals surface area contributed by atoms with Gasteiger partial charge >= 0.3 is 0 Å². The van der Waals surface area contributed by atoms with E-state index in [1.54, 1.807) is 0 Å². The molecule has 1 amide bonds. The minimum Gasteiger partial charge on any atom is -0.334 e. The summed E-state index contributed by atoms with van der Waals surface area (Å²) < 4.78 is 0. The van der Waals surface area contributed by atoms with E-state index in [0.717, 1.165) is 30.0 Å². The van der Waals surface area contributed by atoms with Crippen molar-refractivity contribution in [1.82, 2.24) is 10.2 Å². The van der Waals surface area contributed by atoms with Crippen molar-refractivity contribution in [1.29, 1.82) is 0 Å². The van der Waals surface area contributed by atoms with Gasteiger partial charge in [0.2, 0.25) is 5.91 Å². The van der Waals surface area contributed by atoms with Crippen LogP contribution in [0, 0.1) is 0 Å². The molecule has 1 unspecified atom stereocenters. The summed E-state index contributed by atoms with van der Waals surface area (Å²) >= 11 is 6.27. The highest BCUT2D eigenvalue weighted by molar-refractivity contribution is 6.31. The van der Waals surface area contributed by atoms with Crippen LogP contribution >= 0.6 is 11.6 Å². The molecule has 1 aromatic rings. The van der Waals surface area contributed by atoms with Gasteiger partial charge in [-0.25, -0.2) is 0 Å². The Bertz CT molecular complexity index is 473. The van der Waals surface area contributed by atoms with Crippen molar-refractivity contribution >= 4 is 17.5 Å². The number of hydrogen-bond acceptors (Lipinski definition) is 2. The van der Waals surface area contributed by atoms with E-state index >= 15 is 0 Å². The van der Waals surface area contributed by atoms with Gasteiger partial charge in [-0.2, -0.15) is 0 Å². The van der Waals surface area contributed by atoms with E-state index in [9.17, 15) is 4.79 Å². The first-order valence-corrected chi connectivity index (χ1v) is 7.09. The minimum absolute atomic E-state index is 0.105. The van der Waals surface area contributed by atoms with E-state index in [4.69, 9.17) is 11.6 Å². The topological polar surface area (TPSA) is 32.3 Å². The van der Waals surface area contributed by atoms with Gasteiger partial charge < -0.3 is 10.2 Å². The van der Waals surface area contributed by atoms with Gasteiger partial charge in [0.05, 0.1) is 11.6 Å². The lowest BCUT2D eigenvalue weighted by Gasteiger charge is -2.33. The molecule has 1 atom stereocenters. The zero-order chi connectivity index (χ0) is 14.0. The molecular weight excluding hydrogens is 260 g/mol. The van der Waals surface area contributed by atoms with Gasteiger partial charge in [-0.05, 0) is 45.4 Å². The predicted octanol–water partition coefficient (Wildman–Crippen LogP) is 3.00. The first-order chi connectivity index (χ1) is 8.97. The lowest BCUT2D eigenvalue weighted by molar-refractivity contribution is -0.137. The number of likely N-dealkylation sites (N-methyl/N-ethyl adjacent to an activating group) is 1. The Kier molecular flexibility index (Phi) is 4.16. The van der Waals surface area contributed by atoms with Crippen molar-refractivity contribution in [3.63, 3.8) is 0 Å². The number of nitrogens with one attached hydrogen (secondary N) is 1. The quantitative estimate of drug-likeness (QED) is 0.923. The van der Waals surface area contributed by atoms with Crippen LogP contribution in [-0.2, 0) is 4.79 Å². The lowest BCUT2D eigenvalue weighted by Crippen LogP contribution is -2.52. The van der Waals surface area contributed by atoms with Crippen LogP contribution in [0.25, 0.3) is 0 Å². The Labute approximate surface area is 119 Å². The molecule has 1 heterocycles. The predicted molar refractivity (Wildman–Crippen MR) is 78.3 cm³/mol. The number of likely N-dealkylation sites (tertiary alicyclic amines) is 1. The van der Waals surface area contributed by atoms with Crippen LogP contribution in [0.5, 0.6) is 0 Å². The van der Waals surface area contributed by atoms with Crippen LogP contribution in [0.2, 0.25) is 5.02 Å². The second-order valence-electron chi connectivity index (χ2n) is 5.55. The van der Waals surface area contributed by atoms with Crippen molar-refractivity contribution in [2.75, 3.05) is 13.6 Å². The van der Waals surface area contributed by atoms with Gasteiger partial charge in [0.25, 0.3) is 0 Å². The molecule has 3 nitrogen and oxygen atoms in total. The fourth-order valence-corrected chi connectivity index (χ4v) is 2.81. The molecule has 19 heavy (non-hydrogen) atoms. The number of carbonyl (C=O) groups is 1. The van der Waals surface area contributed by atoms with E-state index in [0.29, 0.717) is 0 Å². The third-order valence-corrected chi connectivity index (χ3v) is 4.28. The fraction of sp³-hybridized carbons (Fsp3) is 0.533. The molecule has 1 aromatic carbocycles. The molecule has 1 N–H and O–H groups in total. The van der Waals surface area contributed by atoms with Gasteiger partial charge in [0, 0.05) is 11.6 Å². The Morgan fingerprint density at radius 2 is 2.11 bits per heavy atom. The highest BCUT2D eigenvalue weighted by Gasteiger charge is 2.37. The van der Waals surface area contributed by atoms with Crippen LogP contribution in [-0.4, -0.2) is 29.9 Å². The number of halogens is 1. The molecule has 0 radical (unpaired) electrons. The molecule has 1 saturated heterocycles. The maximum atomic E-state index is 12.6. The Balaban J connectivity index is 2.28. The van der Waals surface area contributed by atoms with E-state index in [1.165, 1.54) is 0 Å². The second-order valence-corrected chi connectivity index (χ2v) is 5.96. The Hall–Kier alpha value is -1.06. The second kappa shape index (κ2) is 5.51. The summed E-state index contributed by atoms with van der Waals surface area (Å²) in [4.78, 5) is 14.6. The molecule has 0 saturated carbocycles. The third kappa shape index (κ3) is 2.77. The molecule has 1 fully saturated rings. The first kappa shape index (κ1) is 14.4. The van der Waals surface area contributed by atoms with Crippen molar-refractivity contribution in [3.05, 3.63) is 34.9 Å². The first-order valence-electron chi connectivity index (χ1n) is 6.72. The van der Waals surface area contributed by atoms with E-state index in [1.807, 2.05) is 50.1 Å². The Morgan fingerprint density at radius 1 is 1.42 bits per heavy atom. The van der Waals surface area contributed by atoms with Crippen molar-refractivity contribution in [2.24, 2.45) is 0 Å². The highest BCUT2D eigenvalue weighted by atomic mass is 35.5. The van der Waals surface area contributed by atoms with E-state index in [-0.39, 0.29) is 11.9 Å². The van der Waals surface area contributed by atoms with Crippen LogP contribution in [0.1, 0.15) is 38.3 Å². The average molecular weight is 281 g/mol. The summed E-state index contributed by atoms with van der Waals surface area (Å²) in [5.41, 5.74) is 0.519. The number of hydrogen-bond donors (Lipinski definition) is 1. The highest BCUT2D eigenvalue weighted by Crippen LogP contribution is 2.36. The molecular formula is C15H21ClN2O. The summed E-state index contributed by atoms with van der Waals surface area (Å²) in [5.74, 6) is 0.136. The summed E-state index contributed by atoms with van der Waals surface area (Å²) in [6, 6.07) is 7.91. The number of amides is 1. The van der Waals surface area contributed by atoms with Crippen molar-refractivity contribution in [3.8, 4) is 0 Å². The maximum absolute atomic E-state index is 12.6. The number of carbonyl (C=O) groups excluding carboxylic acids is 1. The zero-order valence-electron chi connectivity index (χ0n) is 11.7. The standard InChI is InChI=1S/C15H21ClN2O/c1-15(2,17-3)14(19)18-10-6-9-13(18)11-7-4-5-8-12(11)16/h4-5,7-8,13,17H,6,9-10H2,1-3H3. The smallest absolute Gasteiger partial charge is 0.242 e. The van der Waals surface area contributed by atoms with Crippen LogP contribution in [0.3, 0.4) is 0 Å². The number of rotatable bonds is 3. The van der Waals surface area contributed by atoms with Crippen molar-refractivity contribution in [2.45, 2.75) is 38.3 Å². The molecule has 1 aliphatic heterocycles. The SMILES string of the molecule is CNC(C)(C)C(=O)N1CCCC1c1ccccc1Cl. The monoisotopic (exact) mass is 280 g/mol. The zero-order valence-corrected chi connectivity index (χ0v) is 12.5. The third-order valence-electron chi connectivity index (χ3n) is 3.94. The molecule has 0 aromatic heterocycles.